The van der Waals surface area contributed by atoms with Crippen molar-refractivity contribution in [2.24, 2.45) is 5.92 Å². The summed E-state index contributed by atoms with van der Waals surface area (Å²) in [4.78, 5) is 10.7. The van der Waals surface area contributed by atoms with Gasteiger partial charge in [0.2, 0.25) is 0 Å². The summed E-state index contributed by atoms with van der Waals surface area (Å²) >= 11 is 0. The molecule has 0 saturated heterocycles. The number of carbonyl (C=O) groups is 1. The molecule has 0 aromatic heterocycles. The molecular formula is C11H13FO3. The SMILES string of the molecule is Cc1ccc(F)cc1C(O)C(C)C(=O)O. The van der Waals surface area contributed by atoms with Crippen molar-refractivity contribution in [1.82, 2.24) is 0 Å². The van der Waals surface area contributed by atoms with Gasteiger partial charge in [0, 0.05) is 0 Å². The molecule has 0 heterocycles. The van der Waals surface area contributed by atoms with Gasteiger partial charge in [0.05, 0.1) is 12.0 Å². The van der Waals surface area contributed by atoms with Crippen molar-refractivity contribution in [3.8, 4) is 0 Å². The van der Waals surface area contributed by atoms with Crippen molar-refractivity contribution in [2.75, 3.05) is 0 Å². The first-order valence-electron chi connectivity index (χ1n) is 4.60. The van der Waals surface area contributed by atoms with Crippen LogP contribution in [0.4, 0.5) is 4.39 Å². The second-order valence-corrected chi connectivity index (χ2v) is 3.57. The molecular weight excluding hydrogens is 199 g/mol. The molecule has 2 unspecified atom stereocenters. The standard InChI is InChI=1S/C11H13FO3/c1-6-3-4-8(12)5-9(6)10(13)7(2)11(14)15/h3-5,7,10,13H,1-2H3,(H,14,15). The van der Waals surface area contributed by atoms with E-state index in [0.29, 0.717) is 11.1 Å². The number of benzene rings is 1. The highest BCUT2D eigenvalue weighted by molar-refractivity contribution is 5.70. The van der Waals surface area contributed by atoms with E-state index < -0.39 is 23.8 Å². The van der Waals surface area contributed by atoms with Gasteiger partial charge in [-0.2, -0.15) is 0 Å². The molecule has 0 aliphatic heterocycles. The lowest BCUT2D eigenvalue weighted by atomic mass is 9.94. The molecule has 2 N–H and O–H groups in total. The quantitative estimate of drug-likeness (QED) is 0.804. The zero-order chi connectivity index (χ0) is 11.6. The molecule has 0 bridgehead atoms. The first-order chi connectivity index (χ1) is 6.93. The Morgan fingerprint density at radius 1 is 1.47 bits per heavy atom. The molecule has 1 aromatic carbocycles. The van der Waals surface area contributed by atoms with E-state index in [2.05, 4.69) is 0 Å². The van der Waals surface area contributed by atoms with Crippen LogP contribution in [0.15, 0.2) is 18.2 Å². The van der Waals surface area contributed by atoms with Crippen LogP contribution in [0.2, 0.25) is 0 Å². The van der Waals surface area contributed by atoms with Crippen molar-refractivity contribution in [3.05, 3.63) is 35.1 Å². The molecule has 0 aliphatic rings. The van der Waals surface area contributed by atoms with Gasteiger partial charge in [-0.15, -0.1) is 0 Å². The van der Waals surface area contributed by atoms with E-state index in [1.54, 1.807) is 6.92 Å². The molecule has 0 amide bonds. The van der Waals surface area contributed by atoms with Crippen LogP contribution in [0.3, 0.4) is 0 Å². The minimum Gasteiger partial charge on any atom is -0.481 e. The van der Waals surface area contributed by atoms with Gasteiger partial charge in [0.15, 0.2) is 0 Å². The number of carboxylic acid groups (broad SMARTS) is 1. The van der Waals surface area contributed by atoms with Crippen LogP contribution >= 0.6 is 0 Å². The van der Waals surface area contributed by atoms with Crippen molar-refractivity contribution in [2.45, 2.75) is 20.0 Å². The highest BCUT2D eigenvalue weighted by atomic mass is 19.1. The summed E-state index contributed by atoms with van der Waals surface area (Å²) in [7, 11) is 0. The van der Waals surface area contributed by atoms with E-state index in [0.717, 1.165) is 0 Å². The number of aliphatic hydroxyl groups is 1. The van der Waals surface area contributed by atoms with Gasteiger partial charge in [0.1, 0.15) is 5.82 Å². The Hall–Kier alpha value is -1.42. The number of hydrogen-bond donors (Lipinski definition) is 2. The molecule has 0 saturated carbocycles. The maximum absolute atomic E-state index is 12.9. The number of aryl methyl sites for hydroxylation is 1. The first kappa shape index (κ1) is 11.7. The summed E-state index contributed by atoms with van der Waals surface area (Å²) in [6.07, 6.45) is -1.18. The molecule has 0 aliphatic carbocycles. The van der Waals surface area contributed by atoms with E-state index in [1.807, 2.05) is 0 Å². The van der Waals surface area contributed by atoms with Crippen molar-refractivity contribution in [3.63, 3.8) is 0 Å². The van der Waals surface area contributed by atoms with Gasteiger partial charge >= 0.3 is 5.97 Å². The molecule has 2 atom stereocenters. The van der Waals surface area contributed by atoms with E-state index in [-0.39, 0.29) is 0 Å². The highest BCUT2D eigenvalue weighted by Gasteiger charge is 2.24. The Labute approximate surface area is 87.2 Å². The van der Waals surface area contributed by atoms with Gasteiger partial charge < -0.3 is 10.2 Å². The van der Waals surface area contributed by atoms with Crippen LogP contribution in [0.1, 0.15) is 24.2 Å². The Balaban J connectivity index is 3.04. The third kappa shape index (κ3) is 2.53. The third-order valence-electron chi connectivity index (χ3n) is 2.42. The van der Waals surface area contributed by atoms with Gasteiger partial charge in [-0.3, -0.25) is 4.79 Å². The van der Waals surface area contributed by atoms with Crippen LogP contribution in [-0.4, -0.2) is 16.2 Å². The van der Waals surface area contributed by atoms with Gasteiger partial charge in [0.25, 0.3) is 0 Å². The number of halogens is 1. The largest absolute Gasteiger partial charge is 0.481 e. The summed E-state index contributed by atoms with van der Waals surface area (Å²) in [5, 5.41) is 18.4. The Kier molecular flexibility index (Phi) is 3.42. The number of aliphatic carboxylic acids is 1. The lowest BCUT2D eigenvalue weighted by molar-refractivity contribution is -0.145. The van der Waals surface area contributed by atoms with E-state index in [1.165, 1.54) is 25.1 Å². The van der Waals surface area contributed by atoms with Gasteiger partial charge in [-0.1, -0.05) is 6.07 Å². The average molecular weight is 212 g/mol. The maximum Gasteiger partial charge on any atom is 0.309 e. The fourth-order valence-corrected chi connectivity index (χ4v) is 1.33. The van der Waals surface area contributed by atoms with Crippen molar-refractivity contribution in [1.29, 1.82) is 0 Å². The van der Waals surface area contributed by atoms with E-state index in [9.17, 15) is 14.3 Å². The van der Waals surface area contributed by atoms with Gasteiger partial charge in [-0.05, 0) is 37.1 Å². The fraction of sp³-hybridized carbons (Fsp3) is 0.364. The number of aliphatic hydroxyl groups excluding tert-OH is 1. The normalized spacial score (nSPS) is 14.7. The highest BCUT2D eigenvalue weighted by Crippen LogP contribution is 2.25. The fourth-order valence-electron chi connectivity index (χ4n) is 1.33. The van der Waals surface area contributed by atoms with E-state index >= 15 is 0 Å². The van der Waals surface area contributed by atoms with Crippen LogP contribution in [-0.2, 0) is 4.79 Å². The third-order valence-corrected chi connectivity index (χ3v) is 2.42. The monoisotopic (exact) mass is 212 g/mol. The molecule has 82 valence electrons. The lowest BCUT2D eigenvalue weighted by Crippen LogP contribution is -2.19. The van der Waals surface area contributed by atoms with Gasteiger partial charge in [-0.25, -0.2) is 4.39 Å². The maximum atomic E-state index is 12.9. The number of rotatable bonds is 3. The number of carboxylic acids is 1. The minimum absolute atomic E-state index is 0.324. The summed E-state index contributed by atoms with van der Waals surface area (Å²) in [6, 6.07) is 3.96. The zero-order valence-corrected chi connectivity index (χ0v) is 8.57. The average Bonchev–Trinajstić information content (AvgIpc) is 2.19. The molecule has 4 heteroatoms. The molecule has 3 nitrogen and oxygen atoms in total. The second-order valence-electron chi connectivity index (χ2n) is 3.57. The van der Waals surface area contributed by atoms with Crippen molar-refractivity contribution < 1.29 is 19.4 Å². The second kappa shape index (κ2) is 4.40. The van der Waals surface area contributed by atoms with Crippen LogP contribution in [0.5, 0.6) is 0 Å². The number of hydrogen-bond acceptors (Lipinski definition) is 2. The van der Waals surface area contributed by atoms with Crippen LogP contribution in [0, 0.1) is 18.7 Å². The van der Waals surface area contributed by atoms with Crippen LogP contribution < -0.4 is 0 Å². The zero-order valence-electron chi connectivity index (χ0n) is 8.57. The Morgan fingerprint density at radius 3 is 2.60 bits per heavy atom. The topological polar surface area (TPSA) is 57.5 Å². The molecule has 15 heavy (non-hydrogen) atoms. The Bertz CT molecular complexity index is 376. The lowest BCUT2D eigenvalue weighted by Gasteiger charge is -2.17. The summed E-state index contributed by atoms with van der Waals surface area (Å²) in [5.41, 5.74) is 1.00. The summed E-state index contributed by atoms with van der Waals surface area (Å²) < 4.78 is 12.9. The molecule has 1 rings (SSSR count). The smallest absolute Gasteiger partial charge is 0.309 e. The van der Waals surface area contributed by atoms with E-state index in [4.69, 9.17) is 5.11 Å². The van der Waals surface area contributed by atoms with Crippen molar-refractivity contribution >= 4 is 5.97 Å². The first-order valence-corrected chi connectivity index (χ1v) is 4.60. The Morgan fingerprint density at radius 2 is 2.07 bits per heavy atom. The molecule has 1 aromatic rings. The summed E-state index contributed by atoms with van der Waals surface area (Å²) in [6.45, 7) is 3.09. The summed E-state index contributed by atoms with van der Waals surface area (Å²) in [5.74, 6) is -2.54. The predicted molar refractivity (Wildman–Crippen MR) is 52.9 cm³/mol. The molecule has 0 spiro atoms. The van der Waals surface area contributed by atoms with Crippen LogP contribution in [0.25, 0.3) is 0 Å². The minimum atomic E-state index is -1.18. The molecule has 0 radical (unpaired) electrons. The predicted octanol–water partition coefficient (Wildman–Crippen LogP) is 1.89. The molecule has 0 fully saturated rings.